The quantitative estimate of drug-likeness (QED) is 0.526. The van der Waals surface area contributed by atoms with Crippen molar-refractivity contribution in [2.24, 2.45) is 0 Å². The fraction of sp³-hybridized carbons (Fsp3) is 0.500. The molecule has 0 radical (unpaired) electrons. The van der Waals surface area contributed by atoms with Crippen LogP contribution in [0.3, 0.4) is 0 Å². The fourth-order valence-corrected chi connectivity index (χ4v) is 0.527. The molecule has 0 fully saturated rings. The van der Waals surface area contributed by atoms with E-state index in [1.54, 1.807) is 13.3 Å². The Kier molecular flexibility index (Phi) is 1.64. The Morgan fingerprint density at radius 1 is 1.89 bits per heavy atom. The van der Waals surface area contributed by atoms with Crippen LogP contribution in [-0.4, -0.2) is 22.2 Å². The normalized spacial score (nSPS) is 9.89. The molecule has 0 aliphatic carbocycles. The number of methoxy groups -OCH3 is 1. The lowest BCUT2D eigenvalue weighted by molar-refractivity contribution is 0.181. The molecule has 0 aromatic carbocycles. The molecule has 2 N–H and O–H groups in total. The minimum atomic E-state index is 0.456. The maximum Gasteiger partial charge on any atom is 0.111 e. The van der Waals surface area contributed by atoms with Gasteiger partial charge in [-0.2, -0.15) is 4.79 Å². The molecule has 0 aliphatic heterocycles. The van der Waals surface area contributed by atoms with Crippen LogP contribution in [0.15, 0.2) is 6.20 Å². The van der Waals surface area contributed by atoms with Gasteiger partial charge in [-0.05, 0) is 5.21 Å². The third kappa shape index (κ3) is 1.39. The summed E-state index contributed by atoms with van der Waals surface area (Å²) in [6, 6.07) is 0. The number of nitrogens with zero attached hydrogens (tertiary/aromatic N) is 3. The Morgan fingerprint density at radius 2 is 2.67 bits per heavy atom. The molecule has 1 heterocycles. The maximum atomic E-state index is 5.20. The van der Waals surface area contributed by atoms with Crippen molar-refractivity contribution >= 4 is 0 Å². The first-order chi connectivity index (χ1) is 4.33. The smallest absolute Gasteiger partial charge is 0.111 e. The number of aromatic nitrogens is 3. The van der Waals surface area contributed by atoms with Gasteiger partial charge in [0, 0.05) is 7.11 Å². The van der Waals surface area contributed by atoms with Gasteiger partial charge < -0.3 is 10.6 Å². The molecule has 1 aromatic rings. The molecule has 0 saturated heterocycles. The van der Waals surface area contributed by atoms with Gasteiger partial charge in [-0.3, -0.25) is 0 Å². The van der Waals surface area contributed by atoms with Crippen LogP contribution in [-0.2, 0) is 11.3 Å². The first-order valence-electron chi connectivity index (χ1n) is 2.48. The van der Waals surface area contributed by atoms with E-state index in [2.05, 4.69) is 10.3 Å². The van der Waals surface area contributed by atoms with Gasteiger partial charge in [-0.15, -0.1) is 5.10 Å². The lowest BCUT2D eigenvalue weighted by atomic mass is 10.5. The lowest BCUT2D eigenvalue weighted by Gasteiger charge is -1.87. The van der Waals surface area contributed by atoms with E-state index in [1.165, 1.54) is 0 Å². The van der Waals surface area contributed by atoms with Gasteiger partial charge in [0.05, 0.1) is 12.8 Å². The zero-order valence-corrected chi connectivity index (χ0v) is 5.11. The van der Waals surface area contributed by atoms with E-state index < -0.39 is 0 Å². The molecule has 50 valence electrons. The van der Waals surface area contributed by atoms with Crippen LogP contribution in [0.25, 0.3) is 0 Å². The molecule has 0 saturated carbocycles. The van der Waals surface area contributed by atoms with Crippen molar-refractivity contribution in [3.05, 3.63) is 11.9 Å². The molecule has 0 amide bonds. The molecule has 0 atom stereocenters. The summed E-state index contributed by atoms with van der Waals surface area (Å²) < 4.78 is 4.77. The second kappa shape index (κ2) is 2.45. The summed E-state index contributed by atoms with van der Waals surface area (Å²) in [5.74, 6) is 5.20. The zero-order valence-electron chi connectivity index (χ0n) is 5.11. The molecule has 0 unspecified atom stereocenters. The summed E-state index contributed by atoms with van der Waals surface area (Å²) in [6.07, 6.45) is 1.60. The van der Waals surface area contributed by atoms with Crippen LogP contribution in [0.2, 0.25) is 0 Å². The van der Waals surface area contributed by atoms with Crippen LogP contribution < -0.4 is 5.84 Å². The average molecular weight is 128 g/mol. The topological polar surface area (TPSA) is 66.0 Å². The number of hydrogen-bond acceptors (Lipinski definition) is 4. The second-order valence-electron chi connectivity index (χ2n) is 1.62. The minimum Gasteiger partial charge on any atom is -0.378 e. The van der Waals surface area contributed by atoms with E-state index in [9.17, 15) is 0 Å². The average Bonchev–Trinajstić information content (AvgIpc) is 2.17. The highest BCUT2D eigenvalue weighted by Gasteiger charge is 1.94. The summed E-state index contributed by atoms with van der Waals surface area (Å²) in [7, 11) is 1.59. The van der Waals surface area contributed by atoms with Crippen molar-refractivity contribution in [3.8, 4) is 0 Å². The van der Waals surface area contributed by atoms with Gasteiger partial charge in [-0.1, -0.05) is 0 Å². The Hall–Kier alpha value is -1.10. The van der Waals surface area contributed by atoms with Gasteiger partial charge in [0.15, 0.2) is 0 Å². The largest absolute Gasteiger partial charge is 0.378 e. The van der Waals surface area contributed by atoms with Crippen molar-refractivity contribution in [1.82, 2.24) is 15.1 Å². The Labute approximate surface area is 52.4 Å². The fourth-order valence-electron chi connectivity index (χ4n) is 0.527. The van der Waals surface area contributed by atoms with E-state index in [4.69, 9.17) is 10.6 Å². The van der Waals surface area contributed by atoms with Crippen LogP contribution in [0, 0.1) is 0 Å². The summed E-state index contributed by atoms with van der Waals surface area (Å²) in [5.41, 5.74) is 0.736. The molecule has 0 aliphatic rings. The highest BCUT2D eigenvalue weighted by atomic mass is 16.5. The minimum absolute atomic E-state index is 0.456. The van der Waals surface area contributed by atoms with Gasteiger partial charge in [0.1, 0.15) is 5.69 Å². The van der Waals surface area contributed by atoms with Crippen LogP contribution in [0.1, 0.15) is 5.69 Å². The number of ether oxygens (including phenoxy) is 1. The van der Waals surface area contributed by atoms with Crippen molar-refractivity contribution in [2.75, 3.05) is 13.0 Å². The SMILES string of the molecule is COCc1cn(N)nn1. The van der Waals surface area contributed by atoms with Gasteiger partial charge in [0.25, 0.3) is 0 Å². The van der Waals surface area contributed by atoms with E-state index >= 15 is 0 Å². The number of hydrogen-bond donors (Lipinski definition) is 1. The van der Waals surface area contributed by atoms with E-state index in [0.29, 0.717) is 6.61 Å². The van der Waals surface area contributed by atoms with Crippen molar-refractivity contribution < 1.29 is 4.74 Å². The Bertz CT molecular complexity index is 184. The van der Waals surface area contributed by atoms with Crippen LogP contribution in [0.5, 0.6) is 0 Å². The Balaban J connectivity index is 2.61. The molecular formula is C4H8N4O. The standard InChI is InChI=1S/C4H8N4O/c1-9-3-4-2-8(5)7-6-4/h2H,3,5H2,1H3. The monoisotopic (exact) mass is 128 g/mol. The number of nitrogens with two attached hydrogens (primary N) is 1. The maximum absolute atomic E-state index is 5.20. The first-order valence-corrected chi connectivity index (χ1v) is 2.48. The van der Waals surface area contributed by atoms with Crippen molar-refractivity contribution in [3.63, 3.8) is 0 Å². The van der Waals surface area contributed by atoms with E-state index in [0.717, 1.165) is 10.5 Å². The summed E-state index contributed by atoms with van der Waals surface area (Å²) in [5, 5.41) is 7.17. The lowest BCUT2D eigenvalue weighted by Crippen LogP contribution is -2.07. The molecule has 0 bridgehead atoms. The van der Waals surface area contributed by atoms with E-state index in [1.807, 2.05) is 0 Å². The van der Waals surface area contributed by atoms with E-state index in [-0.39, 0.29) is 0 Å². The third-order valence-corrected chi connectivity index (χ3v) is 0.850. The van der Waals surface area contributed by atoms with Gasteiger partial charge in [0.2, 0.25) is 0 Å². The van der Waals surface area contributed by atoms with Gasteiger partial charge in [-0.25, -0.2) is 0 Å². The summed E-state index contributed by atoms with van der Waals surface area (Å²) >= 11 is 0. The molecular weight excluding hydrogens is 120 g/mol. The molecule has 5 nitrogen and oxygen atoms in total. The molecule has 9 heavy (non-hydrogen) atoms. The predicted molar refractivity (Wildman–Crippen MR) is 30.9 cm³/mol. The molecule has 5 heteroatoms. The molecule has 1 aromatic heterocycles. The van der Waals surface area contributed by atoms with Gasteiger partial charge >= 0.3 is 0 Å². The summed E-state index contributed by atoms with van der Waals surface area (Å²) in [4.78, 5) is 1.15. The predicted octanol–water partition coefficient (Wildman–Crippen LogP) is -0.862. The third-order valence-electron chi connectivity index (χ3n) is 0.850. The zero-order chi connectivity index (χ0) is 6.69. The second-order valence-corrected chi connectivity index (χ2v) is 1.62. The molecule has 0 spiro atoms. The Morgan fingerprint density at radius 3 is 3.11 bits per heavy atom. The van der Waals surface area contributed by atoms with Crippen LogP contribution in [0.4, 0.5) is 0 Å². The first kappa shape index (κ1) is 6.03. The van der Waals surface area contributed by atoms with Crippen molar-refractivity contribution in [1.29, 1.82) is 0 Å². The number of nitrogen functional groups attached to an aromatic ring is 1. The highest BCUT2D eigenvalue weighted by Crippen LogP contribution is 1.89. The molecule has 1 rings (SSSR count). The number of rotatable bonds is 2. The van der Waals surface area contributed by atoms with Crippen molar-refractivity contribution in [2.45, 2.75) is 6.61 Å². The summed E-state index contributed by atoms with van der Waals surface area (Å²) in [6.45, 7) is 0.456. The van der Waals surface area contributed by atoms with Crippen LogP contribution >= 0.6 is 0 Å². The highest BCUT2D eigenvalue weighted by molar-refractivity contribution is 4.88.